The lowest BCUT2D eigenvalue weighted by molar-refractivity contribution is 0.0938. The van der Waals surface area contributed by atoms with Gasteiger partial charge >= 0.3 is 0 Å². The normalized spacial score (nSPS) is 16.1. The van der Waals surface area contributed by atoms with E-state index in [1.807, 2.05) is 89.8 Å². The summed E-state index contributed by atoms with van der Waals surface area (Å²) in [4.78, 5) is 20.3. The molecule has 6 heteroatoms. The highest BCUT2D eigenvalue weighted by atomic mass is 16.2. The molecule has 37 heavy (non-hydrogen) atoms. The quantitative estimate of drug-likeness (QED) is 0.341. The van der Waals surface area contributed by atoms with Crippen LogP contribution in [0.4, 0.5) is 17.2 Å². The number of nitrogens with zero attached hydrogens (tertiary/aromatic N) is 3. The van der Waals surface area contributed by atoms with E-state index in [2.05, 4.69) is 16.4 Å². The maximum Gasteiger partial charge on any atom is 0.262 e. The minimum atomic E-state index is -0.428. The molecule has 1 spiro atoms. The Morgan fingerprint density at radius 3 is 2.30 bits per heavy atom. The van der Waals surface area contributed by atoms with Crippen molar-refractivity contribution in [3.63, 3.8) is 0 Å². The fraction of sp³-hybridized carbons (Fsp3) is 0.194. The van der Waals surface area contributed by atoms with Crippen LogP contribution in [0.15, 0.2) is 84.9 Å². The third-order valence-corrected chi connectivity index (χ3v) is 7.50. The Hall–Kier alpha value is -4.63. The van der Waals surface area contributed by atoms with Gasteiger partial charge in [0.25, 0.3) is 5.91 Å². The molecule has 1 aliphatic heterocycles. The Kier molecular flexibility index (Phi) is 5.61. The van der Waals surface area contributed by atoms with E-state index in [0.29, 0.717) is 16.8 Å². The Bertz CT molecular complexity index is 1520. The number of hydrogen-bond donors (Lipinski definition) is 2. The molecule has 2 heterocycles. The topological polar surface area (TPSA) is 95.0 Å². The highest BCUT2D eigenvalue weighted by molar-refractivity contribution is 6.12. The van der Waals surface area contributed by atoms with Crippen molar-refractivity contribution in [3.8, 4) is 28.5 Å². The summed E-state index contributed by atoms with van der Waals surface area (Å²) < 4.78 is 0. The molecule has 1 aliphatic carbocycles. The van der Waals surface area contributed by atoms with Crippen molar-refractivity contribution in [2.45, 2.75) is 37.8 Å². The summed E-state index contributed by atoms with van der Waals surface area (Å²) in [6, 6.07) is 29.5. The highest BCUT2D eigenvalue weighted by Gasteiger charge is 2.45. The molecule has 4 aromatic rings. The van der Waals surface area contributed by atoms with Crippen LogP contribution in [0.25, 0.3) is 22.4 Å². The Balaban J connectivity index is 1.40. The number of rotatable bonds is 3. The van der Waals surface area contributed by atoms with Gasteiger partial charge in [-0.3, -0.25) is 9.69 Å². The van der Waals surface area contributed by atoms with Gasteiger partial charge in [0.05, 0.1) is 11.3 Å². The average Bonchev–Trinajstić information content (AvgIpc) is 2.94. The van der Waals surface area contributed by atoms with Gasteiger partial charge in [-0.05, 0) is 61.6 Å². The predicted octanol–water partition coefficient (Wildman–Crippen LogP) is 6.60. The zero-order chi connectivity index (χ0) is 25.4. The first kappa shape index (κ1) is 22.8. The van der Waals surface area contributed by atoms with E-state index in [9.17, 15) is 10.1 Å². The van der Waals surface area contributed by atoms with E-state index >= 15 is 0 Å². The summed E-state index contributed by atoms with van der Waals surface area (Å²) in [7, 11) is 0. The van der Waals surface area contributed by atoms with Gasteiger partial charge in [0.2, 0.25) is 0 Å². The van der Waals surface area contributed by atoms with Crippen molar-refractivity contribution in [1.29, 1.82) is 5.26 Å². The molecule has 6 nitrogen and oxygen atoms in total. The monoisotopic (exact) mass is 485 g/mol. The Labute approximate surface area is 216 Å². The smallest absolute Gasteiger partial charge is 0.262 e. The number of carbonyl (C=O) groups is 1. The second-order valence-electron chi connectivity index (χ2n) is 9.74. The molecule has 6 rings (SSSR count). The summed E-state index contributed by atoms with van der Waals surface area (Å²) >= 11 is 0. The number of carbonyl (C=O) groups excluding carboxylic acids is 1. The highest BCUT2D eigenvalue weighted by Crippen LogP contribution is 2.43. The molecule has 0 atom stereocenters. The van der Waals surface area contributed by atoms with E-state index in [1.165, 1.54) is 6.42 Å². The van der Waals surface area contributed by atoms with Crippen molar-refractivity contribution in [2.24, 2.45) is 0 Å². The summed E-state index contributed by atoms with van der Waals surface area (Å²) in [5.41, 5.74) is 11.8. The first-order valence-electron chi connectivity index (χ1n) is 12.7. The number of nitriles is 1. The van der Waals surface area contributed by atoms with Gasteiger partial charge in [-0.15, -0.1) is 0 Å². The minimum absolute atomic E-state index is 0.0242. The Morgan fingerprint density at radius 2 is 1.57 bits per heavy atom. The fourth-order valence-electron chi connectivity index (χ4n) is 5.71. The Morgan fingerprint density at radius 1 is 0.865 bits per heavy atom. The number of amides is 1. The molecule has 1 saturated carbocycles. The van der Waals surface area contributed by atoms with Crippen LogP contribution >= 0.6 is 0 Å². The van der Waals surface area contributed by atoms with Crippen LogP contribution < -0.4 is 16.0 Å². The van der Waals surface area contributed by atoms with Crippen molar-refractivity contribution >= 4 is 23.1 Å². The van der Waals surface area contributed by atoms with Gasteiger partial charge < -0.3 is 11.1 Å². The largest absolute Gasteiger partial charge is 0.383 e. The number of para-hydroxylation sites is 1. The lowest BCUT2D eigenvalue weighted by atomic mass is 9.84. The van der Waals surface area contributed by atoms with Crippen LogP contribution in [0.3, 0.4) is 0 Å². The van der Waals surface area contributed by atoms with Crippen LogP contribution in [0.5, 0.6) is 0 Å². The van der Waals surface area contributed by atoms with Crippen LogP contribution in [-0.4, -0.2) is 16.6 Å². The van der Waals surface area contributed by atoms with Gasteiger partial charge in [-0.25, -0.2) is 4.98 Å². The number of fused-ring (bicyclic) bond motifs is 1. The second-order valence-corrected chi connectivity index (χ2v) is 9.74. The molecule has 3 aromatic carbocycles. The molecular weight excluding hydrogens is 458 g/mol. The number of aromatic nitrogens is 1. The summed E-state index contributed by atoms with van der Waals surface area (Å²) in [6.45, 7) is 0. The van der Waals surface area contributed by atoms with Gasteiger partial charge in [-0.2, -0.15) is 5.26 Å². The summed E-state index contributed by atoms with van der Waals surface area (Å²) in [6.07, 6.45) is 5.15. The number of anilines is 3. The molecular formula is C31H27N5O. The fourth-order valence-corrected chi connectivity index (χ4v) is 5.71. The first-order chi connectivity index (χ1) is 18.1. The van der Waals surface area contributed by atoms with Crippen LogP contribution in [0.1, 0.15) is 48.0 Å². The van der Waals surface area contributed by atoms with Gasteiger partial charge in [0.15, 0.2) is 0 Å². The molecule has 1 aromatic heterocycles. The summed E-state index contributed by atoms with van der Waals surface area (Å²) in [5, 5.41) is 13.4. The van der Waals surface area contributed by atoms with E-state index < -0.39 is 5.66 Å². The maximum absolute atomic E-state index is 13.8. The molecule has 1 fully saturated rings. The van der Waals surface area contributed by atoms with Crippen molar-refractivity contribution < 1.29 is 4.79 Å². The number of pyridine rings is 1. The van der Waals surface area contributed by atoms with E-state index in [1.54, 1.807) is 0 Å². The second kappa shape index (κ2) is 9.11. The van der Waals surface area contributed by atoms with Crippen LogP contribution in [-0.2, 0) is 0 Å². The standard InChI is InChI=1S/C31H27N5O/c32-20-26-25(21-9-3-1-4-10-21)19-28(34-29(26)33)22-13-15-23(16-14-22)36-30(37)24-11-5-6-12-27(24)35-31(36)17-7-2-8-18-31/h1,3-6,9-16,19,35H,2,7-8,17-18H2,(H2,33,34). The number of nitrogen functional groups attached to an aromatic ring is 1. The van der Waals surface area contributed by atoms with Crippen molar-refractivity contribution in [1.82, 2.24) is 4.98 Å². The first-order valence-corrected chi connectivity index (χ1v) is 12.7. The molecule has 0 unspecified atom stereocenters. The molecule has 182 valence electrons. The molecule has 0 radical (unpaired) electrons. The average molecular weight is 486 g/mol. The lowest BCUT2D eigenvalue weighted by Gasteiger charge is -2.50. The zero-order valence-electron chi connectivity index (χ0n) is 20.4. The van der Waals surface area contributed by atoms with Crippen molar-refractivity contribution in [2.75, 3.05) is 16.0 Å². The number of nitrogens with one attached hydrogen (secondary N) is 1. The van der Waals surface area contributed by atoms with E-state index in [4.69, 9.17) is 5.73 Å². The number of benzene rings is 3. The van der Waals surface area contributed by atoms with Crippen molar-refractivity contribution in [3.05, 3.63) is 96.1 Å². The molecule has 0 bridgehead atoms. The number of hydrogen-bond acceptors (Lipinski definition) is 5. The molecule has 2 aliphatic rings. The van der Waals surface area contributed by atoms with Gasteiger partial charge in [0, 0.05) is 22.5 Å². The summed E-state index contributed by atoms with van der Waals surface area (Å²) in [5.74, 6) is 0.229. The van der Waals surface area contributed by atoms with Crippen LogP contribution in [0, 0.1) is 11.3 Å². The van der Waals surface area contributed by atoms with E-state index in [-0.39, 0.29) is 11.7 Å². The third kappa shape index (κ3) is 3.89. The minimum Gasteiger partial charge on any atom is -0.383 e. The molecule has 3 N–H and O–H groups in total. The SMILES string of the molecule is N#Cc1c(-c2ccccc2)cc(-c2ccc(N3C(=O)c4ccccc4NC34CCCCC4)cc2)nc1N. The molecule has 1 amide bonds. The van der Waals surface area contributed by atoms with Gasteiger partial charge in [0.1, 0.15) is 23.1 Å². The molecule has 0 saturated heterocycles. The third-order valence-electron chi connectivity index (χ3n) is 7.50. The lowest BCUT2D eigenvalue weighted by Crippen LogP contribution is -2.61. The zero-order valence-corrected chi connectivity index (χ0v) is 20.4. The van der Waals surface area contributed by atoms with Gasteiger partial charge in [-0.1, -0.05) is 61.0 Å². The maximum atomic E-state index is 13.8. The van der Waals surface area contributed by atoms with E-state index in [0.717, 1.165) is 53.7 Å². The van der Waals surface area contributed by atoms with Crippen LogP contribution in [0.2, 0.25) is 0 Å². The predicted molar refractivity (Wildman–Crippen MR) is 147 cm³/mol. The number of nitrogens with two attached hydrogens (primary N) is 1.